The number of ether oxygens (including phenoxy) is 1. The zero-order chi connectivity index (χ0) is 17.2. The fourth-order valence-corrected chi connectivity index (χ4v) is 4.17. The number of carbonyl (C=O) groups is 1. The average Bonchev–Trinajstić information content (AvgIpc) is 3.30. The lowest BCUT2D eigenvalue weighted by Gasteiger charge is -2.34. The number of hydrogen-bond donors (Lipinski definition) is 0. The van der Waals surface area contributed by atoms with Gasteiger partial charge in [0.25, 0.3) is 5.91 Å². The topological polar surface area (TPSA) is 58.6 Å². The molecular formula is C18H22N4O2S. The molecular weight excluding hydrogens is 336 g/mol. The predicted molar refractivity (Wildman–Crippen MR) is 96.1 cm³/mol. The van der Waals surface area contributed by atoms with E-state index in [1.165, 1.54) is 22.7 Å². The van der Waals surface area contributed by atoms with Gasteiger partial charge in [-0.25, -0.2) is 0 Å². The SMILES string of the molecule is CCc1nnsc1C(=O)N1CCN(Cc2ccc3c(c2)CCO3)CC1. The Hall–Kier alpha value is -1.99. The van der Waals surface area contributed by atoms with Crippen molar-refractivity contribution in [2.24, 2.45) is 0 Å². The van der Waals surface area contributed by atoms with Crippen LogP contribution in [0.5, 0.6) is 5.75 Å². The fourth-order valence-electron chi connectivity index (χ4n) is 3.45. The van der Waals surface area contributed by atoms with Crippen molar-refractivity contribution in [1.82, 2.24) is 19.4 Å². The van der Waals surface area contributed by atoms with Crippen LogP contribution in [0.2, 0.25) is 0 Å². The number of aryl methyl sites for hydroxylation is 1. The van der Waals surface area contributed by atoms with E-state index in [1.54, 1.807) is 0 Å². The van der Waals surface area contributed by atoms with Crippen LogP contribution in [0.4, 0.5) is 0 Å². The summed E-state index contributed by atoms with van der Waals surface area (Å²) in [5.41, 5.74) is 3.46. The minimum Gasteiger partial charge on any atom is -0.493 e. The number of rotatable bonds is 4. The van der Waals surface area contributed by atoms with Gasteiger partial charge in [0.2, 0.25) is 0 Å². The summed E-state index contributed by atoms with van der Waals surface area (Å²) in [5, 5.41) is 4.05. The number of fused-ring (bicyclic) bond motifs is 1. The number of hydrogen-bond acceptors (Lipinski definition) is 6. The molecule has 1 aromatic carbocycles. The van der Waals surface area contributed by atoms with Crippen LogP contribution in [0.25, 0.3) is 0 Å². The van der Waals surface area contributed by atoms with E-state index < -0.39 is 0 Å². The number of amides is 1. The molecule has 0 bridgehead atoms. The zero-order valence-corrected chi connectivity index (χ0v) is 15.2. The smallest absolute Gasteiger partial charge is 0.267 e. The maximum atomic E-state index is 12.7. The van der Waals surface area contributed by atoms with Gasteiger partial charge >= 0.3 is 0 Å². The predicted octanol–water partition coefficient (Wildman–Crippen LogP) is 1.99. The van der Waals surface area contributed by atoms with Crippen molar-refractivity contribution in [3.05, 3.63) is 39.9 Å². The number of nitrogens with zero attached hydrogens (tertiary/aromatic N) is 4. The molecule has 1 saturated heterocycles. The van der Waals surface area contributed by atoms with Crippen LogP contribution in [0.1, 0.15) is 33.4 Å². The Kier molecular flexibility index (Phi) is 4.67. The van der Waals surface area contributed by atoms with Gasteiger partial charge in [0, 0.05) is 39.1 Å². The number of carbonyl (C=O) groups excluding carboxylic acids is 1. The Labute approximate surface area is 151 Å². The van der Waals surface area contributed by atoms with Gasteiger partial charge in [0.05, 0.1) is 12.3 Å². The first-order valence-corrected chi connectivity index (χ1v) is 9.59. The largest absolute Gasteiger partial charge is 0.493 e. The summed E-state index contributed by atoms with van der Waals surface area (Å²) < 4.78 is 9.50. The van der Waals surface area contributed by atoms with Crippen LogP contribution in [0.15, 0.2) is 18.2 Å². The van der Waals surface area contributed by atoms with Crippen molar-refractivity contribution >= 4 is 17.4 Å². The molecule has 0 saturated carbocycles. The first-order valence-electron chi connectivity index (χ1n) is 8.82. The molecule has 1 amide bonds. The third kappa shape index (κ3) is 3.39. The lowest BCUT2D eigenvalue weighted by molar-refractivity contribution is 0.0632. The van der Waals surface area contributed by atoms with Crippen LogP contribution in [-0.4, -0.2) is 58.1 Å². The Bertz CT molecular complexity index is 768. The highest BCUT2D eigenvalue weighted by molar-refractivity contribution is 7.08. The molecule has 0 N–H and O–H groups in total. The van der Waals surface area contributed by atoms with Crippen molar-refractivity contribution < 1.29 is 9.53 Å². The number of aromatic nitrogens is 2. The highest BCUT2D eigenvalue weighted by Crippen LogP contribution is 2.26. The highest BCUT2D eigenvalue weighted by Gasteiger charge is 2.25. The zero-order valence-electron chi connectivity index (χ0n) is 14.4. The molecule has 1 aromatic heterocycles. The molecule has 132 valence electrons. The van der Waals surface area contributed by atoms with Gasteiger partial charge in [0.1, 0.15) is 10.6 Å². The molecule has 2 aromatic rings. The molecule has 7 heteroatoms. The number of benzene rings is 1. The molecule has 0 spiro atoms. The summed E-state index contributed by atoms with van der Waals surface area (Å²) in [6.07, 6.45) is 1.76. The first kappa shape index (κ1) is 16.5. The first-order chi connectivity index (χ1) is 12.2. The third-order valence-electron chi connectivity index (χ3n) is 4.90. The molecule has 3 heterocycles. The van der Waals surface area contributed by atoms with Gasteiger partial charge in [-0.15, -0.1) is 5.10 Å². The summed E-state index contributed by atoms with van der Waals surface area (Å²) in [6, 6.07) is 6.50. The van der Waals surface area contributed by atoms with Crippen molar-refractivity contribution in [1.29, 1.82) is 0 Å². The normalized spacial score (nSPS) is 17.4. The van der Waals surface area contributed by atoms with E-state index in [4.69, 9.17) is 4.74 Å². The van der Waals surface area contributed by atoms with E-state index in [-0.39, 0.29) is 5.91 Å². The van der Waals surface area contributed by atoms with Crippen LogP contribution in [0.3, 0.4) is 0 Å². The standard InChI is InChI=1S/C18H22N4O2S/c1-2-15-17(25-20-19-15)18(23)22-8-6-21(7-9-22)12-13-3-4-16-14(11-13)5-10-24-16/h3-4,11H,2,5-10,12H2,1H3. The molecule has 1 fully saturated rings. The van der Waals surface area contributed by atoms with Gasteiger partial charge in [-0.3, -0.25) is 9.69 Å². The lowest BCUT2D eigenvalue weighted by atomic mass is 10.1. The molecule has 0 unspecified atom stereocenters. The Morgan fingerprint density at radius 1 is 1.28 bits per heavy atom. The minimum atomic E-state index is 0.0844. The fraction of sp³-hybridized carbons (Fsp3) is 0.500. The summed E-state index contributed by atoms with van der Waals surface area (Å²) in [7, 11) is 0. The third-order valence-corrected chi connectivity index (χ3v) is 5.66. The van der Waals surface area contributed by atoms with E-state index in [2.05, 4.69) is 32.7 Å². The minimum absolute atomic E-state index is 0.0844. The summed E-state index contributed by atoms with van der Waals surface area (Å²) in [5.74, 6) is 1.12. The van der Waals surface area contributed by atoms with Crippen molar-refractivity contribution in [2.45, 2.75) is 26.3 Å². The monoisotopic (exact) mass is 358 g/mol. The van der Waals surface area contributed by atoms with E-state index >= 15 is 0 Å². The van der Waals surface area contributed by atoms with Crippen molar-refractivity contribution in [3.63, 3.8) is 0 Å². The summed E-state index contributed by atoms with van der Waals surface area (Å²) in [6.45, 7) is 7.04. The Morgan fingerprint density at radius 3 is 2.92 bits per heavy atom. The maximum absolute atomic E-state index is 12.7. The second kappa shape index (κ2) is 7.09. The maximum Gasteiger partial charge on any atom is 0.267 e. The second-order valence-corrected chi connectivity index (χ2v) is 7.27. The van der Waals surface area contributed by atoms with Crippen molar-refractivity contribution in [3.8, 4) is 5.75 Å². The summed E-state index contributed by atoms with van der Waals surface area (Å²) in [4.78, 5) is 17.7. The molecule has 6 nitrogen and oxygen atoms in total. The van der Waals surface area contributed by atoms with Crippen LogP contribution in [-0.2, 0) is 19.4 Å². The van der Waals surface area contributed by atoms with E-state index in [1.807, 2.05) is 11.8 Å². The van der Waals surface area contributed by atoms with Gasteiger partial charge in [0.15, 0.2) is 0 Å². The van der Waals surface area contributed by atoms with Crippen molar-refractivity contribution in [2.75, 3.05) is 32.8 Å². The van der Waals surface area contributed by atoms with Crippen LogP contribution < -0.4 is 4.74 Å². The molecule has 0 radical (unpaired) electrons. The second-order valence-electron chi connectivity index (χ2n) is 6.51. The summed E-state index contributed by atoms with van der Waals surface area (Å²) >= 11 is 1.21. The Morgan fingerprint density at radius 2 is 2.12 bits per heavy atom. The Balaban J connectivity index is 1.34. The average molecular weight is 358 g/mol. The van der Waals surface area contributed by atoms with E-state index in [9.17, 15) is 4.79 Å². The van der Waals surface area contributed by atoms with Gasteiger partial charge < -0.3 is 9.64 Å². The molecule has 0 atom stereocenters. The molecule has 0 aliphatic carbocycles. The molecule has 25 heavy (non-hydrogen) atoms. The molecule has 4 rings (SSSR count). The van der Waals surface area contributed by atoms with E-state index in [0.29, 0.717) is 4.88 Å². The number of piperazine rings is 1. The molecule has 2 aliphatic heterocycles. The molecule has 2 aliphatic rings. The van der Waals surface area contributed by atoms with Crippen LogP contribution in [0, 0.1) is 0 Å². The highest BCUT2D eigenvalue weighted by atomic mass is 32.1. The van der Waals surface area contributed by atoms with Crippen LogP contribution >= 0.6 is 11.5 Å². The van der Waals surface area contributed by atoms with E-state index in [0.717, 1.165) is 63.6 Å². The lowest BCUT2D eigenvalue weighted by Crippen LogP contribution is -2.48. The van der Waals surface area contributed by atoms with Gasteiger partial charge in [-0.05, 0) is 35.1 Å². The van der Waals surface area contributed by atoms with Gasteiger partial charge in [-0.2, -0.15) is 0 Å². The van der Waals surface area contributed by atoms with Gasteiger partial charge in [-0.1, -0.05) is 23.5 Å². The quantitative estimate of drug-likeness (QED) is 0.837.